The minimum atomic E-state index is -1.17. The molecule has 0 aliphatic carbocycles. The van der Waals surface area contributed by atoms with Crippen molar-refractivity contribution in [2.75, 3.05) is 14.2 Å². The molecule has 0 spiro atoms. The lowest BCUT2D eigenvalue weighted by atomic mass is 10.0. The number of hydrogen-bond donors (Lipinski definition) is 2. The highest BCUT2D eigenvalue weighted by molar-refractivity contribution is 5.87. The molecule has 0 fully saturated rings. The summed E-state index contributed by atoms with van der Waals surface area (Å²) in [5.74, 6) is -0.665. The zero-order valence-corrected chi connectivity index (χ0v) is 13.9. The summed E-state index contributed by atoms with van der Waals surface area (Å²) in [6.07, 6.45) is 0.873. The van der Waals surface area contributed by atoms with Gasteiger partial charge in [0.05, 0.1) is 14.2 Å². The number of rotatable bonds is 8. The highest BCUT2D eigenvalue weighted by atomic mass is 16.5. The van der Waals surface area contributed by atoms with E-state index in [1.807, 2.05) is 13.8 Å². The minimum Gasteiger partial charge on any atom is -0.481 e. The summed E-state index contributed by atoms with van der Waals surface area (Å²) < 4.78 is 9.86. The van der Waals surface area contributed by atoms with Crippen LogP contribution in [0.2, 0.25) is 0 Å². The number of hydrogen-bond acceptors (Lipinski definition) is 6. The van der Waals surface area contributed by atoms with Crippen LogP contribution in [0.4, 0.5) is 0 Å². The maximum atomic E-state index is 12.0. The number of esters is 1. The van der Waals surface area contributed by atoms with Crippen molar-refractivity contribution in [3.8, 4) is 5.88 Å². The second-order valence-corrected chi connectivity index (χ2v) is 5.61. The molecule has 128 valence electrons. The molecule has 7 nitrogen and oxygen atoms in total. The number of carbonyl (C=O) groups excluding carboxylic acids is 2. The van der Waals surface area contributed by atoms with Gasteiger partial charge in [0, 0.05) is 18.2 Å². The average molecular weight is 324 g/mol. The molecule has 0 unspecified atom stereocenters. The van der Waals surface area contributed by atoms with E-state index < -0.39 is 24.0 Å². The fourth-order valence-corrected chi connectivity index (χ4v) is 2.14. The van der Waals surface area contributed by atoms with Crippen LogP contribution >= 0.6 is 0 Å². The highest BCUT2D eigenvalue weighted by Crippen LogP contribution is 2.16. The van der Waals surface area contributed by atoms with Crippen molar-refractivity contribution in [2.24, 2.45) is 5.92 Å². The van der Waals surface area contributed by atoms with E-state index in [1.165, 1.54) is 14.2 Å². The van der Waals surface area contributed by atoms with E-state index in [2.05, 4.69) is 10.3 Å². The predicted molar refractivity (Wildman–Crippen MR) is 83.9 cm³/mol. The number of aromatic nitrogens is 1. The van der Waals surface area contributed by atoms with E-state index in [4.69, 9.17) is 9.47 Å². The van der Waals surface area contributed by atoms with E-state index in [0.717, 1.165) is 0 Å². The maximum Gasteiger partial charge on any atom is 0.328 e. The molecule has 0 saturated heterocycles. The molecule has 2 atom stereocenters. The number of carbonyl (C=O) groups is 2. The predicted octanol–water partition coefficient (Wildman–Crippen LogP) is 0.697. The van der Waals surface area contributed by atoms with Crippen molar-refractivity contribution < 1.29 is 24.2 Å². The molecule has 23 heavy (non-hydrogen) atoms. The maximum absolute atomic E-state index is 12.0. The van der Waals surface area contributed by atoms with E-state index in [-0.39, 0.29) is 12.3 Å². The zero-order chi connectivity index (χ0) is 17.4. The smallest absolute Gasteiger partial charge is 0.328 e. The number of methoxy groups -OCH3 is 2. The normalized spacial score (nSPS) is 13.3. The quantitative estimate of drug-likeness (QED) is 0.683. The number of aliphatic hydroxyl groups is 1. The summed E-state index contributed by atoms with van der Waals surface area (Å²) in [6, 6.07) is 2.53. The first-order valence-electron chi connectivity index (χ1n) is 7.43. The number of nitrogens with zero attached hydrogens (tertiary/aromatic N) is 1. The Labute approximate surface area is 136 Å². The Morgan fingerprint density at radius 1 is 1.35 bits per heavy atom. The van der Waals surface area contributed by atoms with Crippen molar-refractivity contribution in [1.82, 2.24) is 10.3 Å². The van der Waals surface area contributed by atoms with Gasteiger partial charge in [-0.15, -0.1) is 0 Å². The fourth-order valence-electron chi connectivity index (χ4n) is 2.14. The van der Waals surface area contributed by atoms with Gasteiger partial charge in [-0.2, -0.15) is 0 Å². The first-order valence-corrected chi connectivity index (χ1v) is 7.43. The van der Waals surface area contributed by atoms with Gasteiger partial charge in [0.25, 0.3) is 0 Å². The van der Waals surface area contributed by atoms with Gasteiger partial charge in [-0.1, -0.05) is 19.9 Å². The van der Waals surface area contributed by atoms with E-state index in [9.17, 15) is 14.7 Å². The van der Waals surface area contributed by atoms with E-state index >= 15 is 0 Å². The molecular formula is C16H24N2O5. The molecule has 0 radical (unpaired) electrons. The average Bonchev–Trinajstić information content (AvgIpc) is 2.53. The van der Waals surface area contributed by atoms with Crippen LogP contribution in [0.3, 0.4) is 0 Å². The third-order valence-corrected chi connectivity index (χ3v) is 3.27. The molecule has 1 aromatic rings. The highest BCUT2D eigenvalue weighted by Gasteiger charge is 2.26. The van der Waals surface area contributed by atoms with Crippen molar-refractivity contribution in [3.05, 3.63) is 23.9 Å². The van der Waals surface area contributed by atoms with Crippen molar-refractivity contribution in [2.45, 2.75) is 38.8 Å². The molecular weight excluding hydrogens is 300 g/mol. The van der Waals surface area contributed by atoms with Gasteiger partial charge in [-0.25, -0.2) is 9.78 Å². The largest absolute Gasteiger partial charge is 0.481 e. The lowest BCUT2D eigenvalue weighted by Gasteiger charge is -2.20. The van der Waals surface area contributed by atoms with Gasteiger partial charge in [0.15, 0.2) is 0 Å². The monoisotopic (exact) mass is 324 g/mol. The van der Waals surface area contributed by atoms with Gasteiger partial charge < -0.3 is 19.9 Å². The Balaban J connectivity index is 2.85. The summed E-state index contributed by atoms with van der Waals surface area (Å²) in [7, 11) is 2.72. The number of nitrogens with one attached hydrogen (secondary N) is 1. The Hall–Kier alpha value is -2.15. The molecule has 1 aromatic heterocycles. The van der Waals surface area contributed by atoms with Gasteiger partial charge >= 0.3 is 5.97 Å². The van der Waals surface area contributed by atoms with E-state index in [1.54, 1.807) is 18.3 Å². The van der Waals surface area contributed by atoms with Crippen molar-refractivity contribution in [3.63, 3.8) is 0 Å². The van der Waals surface area contributed by atoms with Crippen LogP contribution in [0, 0.1) is 5.92 Å². The summed E-state index contributed by atoms with van der Waals surface area (Å²) in [4.78, 5) is 28.0. The molecule has 0 aliphatic heterocycles. The molecule has 0 bridgehead atoms. The first-order chi connectivity index (χ1) is 10.9. The van der Waals surface area contributed by atoms with E-state index in [0.29, 0.717) is 17.9 Å². The van der Waals surface area contributed by atoms with Crippen LogP contribution in [-0.4, -0.2) is 48.3 Å². The molecule has 7 heteroatoms. The Morgan fingerprint density at radius 3 is 2.61 bits per heavy atom. The summed E-state index contributed by atoms with van der Waals surface area (Å²) in [5.41, 5.74) is 0.657. The summed E-state index contributed by atoms with van der Waals surface area (Å²) in [5, 5.41) is 12.4. The molecule has 1 amide bonds. The van der Waals surface area contributed by atoms with Crippen LogP contribution in [-0.2, 0) is 20.7 Å². The lowest BCUT2D eigenvalue weighted by Crippen LogP contribution is -2.47. The van der Waals surface area contributed by atoms with Crippen LogP contribution in [0.1, 0.15) is 25.8 Å². The third-order valence-electron chi connectivity index (χ3n) is 3.27. The number of amides is 1. The standard InChI is InChI=1S/C16H24N2O5/c1-10(2)8-13(19)14(20)18-12(16(21)23-4)9-11-6-5-7-17-15(11)22-3/h5-7,10,12-13,19H,8-9H2,1-4H3,(H,18,20)/t12-,13+/m0/s1. The molecule has 0 aromatic carbocycles. The Bertz CT molecular complexity index is 533. The molecule has 0 saturated carbocycles. The zero-order valence-electron chi connectivity index (χ0n) is 13.9. The topological polar surface area (TPSA) is 97.8 Å². The molecule has 0 aliphatic rings. The molecule has 2 N–H and O–H groups in total. The van der Waals surface area contributed by atoms with Gasteiger partial charge in [-0.05, 0) is 18.4 Å². The first kappa shape index (κ1) is 18.9. The second-order valence-electron chi connectivity index (χ2n) is 5.61. The summed E-state index contributed by atoms with van der Waals surface area (Å²) in [6.45, 7) is 3.80. The van der Waals surface area contributed by atoms with Crippen LogP contribution in [0.25, 0.3) is 0 Å². The number of ether oxygens (including phenoxy) is 2. The lowest BCUT2D eigenvalue weighted by molar-refractivity contribution is -0.146. The molecule has 1 rings (SSSR count). The fraction of sp³-hybridized carbons (Fsp3) is 0.562. The summed E-state index contributed by atoms with van der Waals surface area (Å²) >= 11 is 0. The SMILES string of the molecule is COC(=O)[C@H](Cc1cccnc1OC)NC(=O)[C@H](O)CC(C)C. The Kier molecular flexibility index (Phi) is 7.47. The van der Waals surface area contributed by atoms with Gasteiger partial charge in [0.1, 0.15) is 12.1 Å². The van der Waals surface area contributed by atoms with Gasteiger partial charge in [0.2, 0.25) is 11.8 Å². The number of aliphatic hydroxyl groups excluding tert-OH is 1. The van der Waals surface area contributed by atoms with Crippen LogP contribution in [0.15, 0.2) is 18.3 Å². The third kappa shape index (κ3) is 5.86. The molecule has 1 heterocycles. The van der Waals surface area contributed by atoms with Crippen LogP contribution in [0.5, 0.6) is 5.88 Å². The minimum absolute atomic E-state index is 0.157. The number of pyridine rings is 1. The second kappa shape index (κ2) is 9.09. The van der Waals surface area contributed by atoms with Gasteiger partial charge in [-0.3, -0.25) is 4.79 Å². The van der Waals surface area contributed by atoms with Crippen molar-refractivity contribution >= 4 is 11.9 Å². The Morgan fingerprint density at radius 2 is 2.04 bits per heavy atom. The van der Waals surface area contributed by atoms with Crippen molar-refractivity contribution in [1.29, 1.82) is 0 Å². The van der Waals surface area contributed by atoms with Crippen LogP contribution < -0.4 is 10.1 Å².